The fourth-order valence-electron chi connectivity index (χ4n) is 2.67. The highest BCUT2D eigenvalue weighted by Gasteiger charge is 2.39. The molecule has 0 aliphatic carbocycles. The van der Waals surface area contributed by atoms with E-state index < -0.39 is 17.6 Å². The summed E-state index contributed by atoms with van der Waals surface area (Å²) in [5.74, 6) is -1.21. The van der Waals surface area contributed by atoms with Crippen molar-refractivity contribution in [2.24, 2.45) is 0 Å². The predicted octanol–water partition coefficient (Wildman–Crippen LogP) is 3.29. The highest BCUT2D eigenvalue weighted by atomic mass is 35.5. The third-order valence-corrected chi connectivity index (χ3v) is 4.13. The molecule has 0 fully saturated rings. The second kappa shape index (κ2) is 6.13. The number of rotatable bonds is 4. The van der Waals surface area contributed by atoms with Crippen LogP contribution < -0.4 is 9.47 Å². The number of halogens is 2. The molecule has 0 spiro atoms. The maximum absolute atomic E-state index is 14.1. The van der Waals surface area contributed by atoms with E-state index in [4.69, 9.17) is 21.1 Å². The fraction of sp³-hybridized carbons (Fsp3) is 0.176. The number of nitrogens with zero attached hydrogens (tertiary/aromatic N) is 1. The number of fused-ring (bicyclic) bond motifs is 1. The summed E-state index contributed by atoms with van der Waals surface area (Å²) in [5.41, 5.74) is 0.465. The summed E-state index contributed by atoms with van der Waals surface area (Å²) in [4.78, 5) is 26.2. The van der Waals surface area contributed by atoms with Crippen LogP contribution in [0.25, 0.3) is 0 Å². The molecule has 2 amide bonds. The van der Waals surface area contributed by atoms with E-state index >= 15 is 0 Å². The summed E-state index contributed by atoms with van der Waals surface area (Å²) in [5, 5.41) is -0.0663. The average molecular weight is 350 g/mol. The Bertz CT molecular complexity index is 853. The molecule has 0 saturated carbocycles. The molecular formula is C17H13ClFNO4. The van der Waals surface area contributed by atoms with Gasteiger partial charge in [-0.15, -0.1) is 0 Å². The number of imide groups is 1. The van der Waals surface area contributed by atoms with E-state index in [9.17, 15) is 14.0 Å². The van der Waals surface area contributed by atoms with Crippen molar-refractivity contribution in [1.82, 2.24) is 4.90 Å². The van der Waals surface area contributed by atoms with Gasteiger partial charge in [-0.2, -0.15) is 0 Å². The molecule has 3 rings (SSSR count). The van der Waals surface area contributed by atoms with Crippen molar-refractivity contribution < 1.29 is 23.5 Å². The van der Waals surface area contributed by atoms with E-state index in [1.165, 1.54) is 32.4 Å². The number of benzene rings is 2. The molecule has 0 N–H and O–H groups in total. The molecule has 1 aliphatic rings. The molecule has 0 aromatic heterocycles. The van der Waals surface area contributed by atoms with Crippen LogP contribution in [0.15, 0.2) is 30.3 Å². The maximum atomic E-state index is 14.1. The van der Waals surface area contributed by atoms with E-state index in [2.05, 4.69) is 0 Å². The zero-order valence-corrected chi connectivity index (χ0v) is 13.7. The van der Waals surface area contributed by atoms with Gasteiger partial charge in [0.05, 0.1) is 36.9 Å². The molecule has 124 valence electrons. The van der Waals surface area contributed by atoms with Crippen LogP contribution in [0.3, 0.4) is 0 Å². The van der Waals surface area contributed by atoms with Gasteiger partial charge in [0.1, 0.15) is 5.82 Å². The predicted molar refractivity (Wildman–Crippen MR) is 85.2 cm³/mol. The lowest BCUT2D eigenvalue weighted by molar-refractivity contribution is 0.0640. The fourth-order valence-corrected chi connectivity index (χ4v) is 2.87. The number of hydrogen-bond donors (Lipinski definition) is 0. The smallest absolute Gasteiger partial charge is 0.265 e. The first-order valence-corrected chi connectivity index (χ1v) is 7.41. The lowest BCUT2D eigenvalue weighted by Gasteiger charge is -2.15. The van der Waals surface area contributed by atoms with E-state index in [0.29, 0.717) is 5.75 Å². The van der Waals surface area contributed by atoms with Crippen molar-refractivity contribution in [3.05, 3.63) is 57.9 Å². The Morgan fingerprint density at radius 3 is 2.50 bits per heavy atom. The van der Waals surface area contributed by atoms with Gasteiger partial charge in [0, 0.05) is 5.56 Å². The third-order valence-electron chi connectivity index (χ3n) is 3.84. The van der Waals surface area contributed by atoms with Gasteiger partial charge < -0.3 is 9.47 Å². The largest absolute Gasteiger partial charge is 0.493 e. The van der Waals surface area contributed by atoms with Crippen LogP contribution in [0, 0.1) is 5.82 Å². The number of methoxy groups -OCH3 is 2. The minimum Gasteiger partial charge on any atom is -0.493 e. The summed E-state index contributed by atoms with van der Waals surface area (Å²) in [7, 11) is 2.82. The zero-order chi connectivity index (χ0) is 17.4. The van der Waals surface area contributed by atoms with Crippen LogP contribution in [0.4, 0.5) is 4.39 Å². The molecule has 5 nitrogen and oxygen atoms in total. The molecule has 1 heterocycles. The van der Waals surface area contributed by atoms with E-state index in [1.54, 1.807) is 12.1 Å². The normalized spacial score (nSPS) is 13.2. The summed E-state index contributed by atoms with van der Waals surface area (Å²) >= 11 is 5.75. The van der Waals surface area contributed by atoms with E-state index in [1.807, 2.05) is 0 Å². The van der Waals surface area contributed by atoms with Gasteiger partial charge >= 0.3 is 0 Å². The van der Waals surface area contributed by atoms with Crippen LogP contribution >= 0.6 is 11.6 Å². The Hall–Kier alpha value is -2.60. The Morgan fingerprint density at radius 1 is 1.08 bits per heavy atom. The molecule has 2 aromatic rings. The molecule has 0 radical (unpaired) electrons. The molecule has 0 atom stereocenters. The second-order valence-corrected chi connectivity index (χ2v) is 5.54. The molecular weight excluding hydrogens is 337 g/mol. The third kappa shape index (κ3) is 2.39. The minimum atomic E-state index is -0.653. The number of carbonyl (C=O) groups is 2. The number of carbonyl (C=O) groups excluding carboxylic acids is 2. The van der Waals surface area contributed by atoms with Crippen molar-refractivity contribution in [3.63, 3.8) is 0 Å². The molecule has 24 heavy (non-hydrogen) atoms. The molecule has 1 aliphatic heterocycles. The molecule has 0 saturated heterocycles. The lowest BCUT2D eigenvalue weighted by atomic mass is 10.1. The Balaban J connectivity index is 2.03. The minimum absolute atomic E-state index is 0.0663. The highest BCUT2D eigenvalue weighted by molar-refractivity contribution is 6.30. The standard InChI is InChI=1S/C17H13ClFNO4/c1-23-12-7-6-10-13(15(12)24-2)17(22)20(16(10)21)8-9-4-3-5-11(18)14(9)19/h3-7H,8H2,1-2H3. The van der Waals surface area contributed by atoms with Gasteiger partial charge in [0.15, 0.2) is 11.5 Å². The summed E-state index contributed by atoms with van der Waals surface area (Å²) in [6.45, 7) is -0.218. The molecule has 2 aromatic carbocycles. The Labute approximate surface area is 142 Å². The van der Waals surface area contributed by atoms with Gasteiger partial charge in [-0.1, -0.05) is 23.7 Å². The quantitative estimate of drug-likeness (QED) is 0.795. The van der Waals surface area contributed by atoms with E-state index in [-0.39, 0.29) is 34.0 Å². The first-order valence-electron chi connectivity index (χ1n) is 7.03. The van der Waals surface area contributed by atoms with Crippen molar-refractivity contribution >= 4 is 23.4 Å². The van der Waals surface area contributed by atoms with Gasteiger partial charge in [-0.25, -0.2) is 4.39 Å². The SMILES string of the molecule is COc1ccc2c(c1OC)C(=O)N(Cc1cccc(Cl)c1F)C2=O. The van der Waals surface area contributed by atoms with Crippen molar-refractivity contribution in [2.75, 3.05) is 14.2 Å². The van der Waals surface area contributed by atoms with Crippen LogP contribution in [-0.4, -0.2) is 30.9 Å². The topological polar surface area (TPSA) is 55.8 Å². The molecule has 0 bridgehead atoms. The summed E-state index contributed by atoms with van der Waals surface area (Å²) in [6.07, 6.45) is 0. The Kier molecular flexibility index (Phi) is 4.15. The Morgan fingerprint density at radius 2 is 1.83 bits per heavy atom. The number of hydrogen-bond acceptors (Lipinski definition) is 4. The van der Waals surface area contributed by atoms with E-state index in [0.717, 1.165) is 4.90 Å². The molecule has 7 heteroatoms. The first-order chi connectivity index (χ1) is 11.5. The molecule has 0 unspecified atom stereocenters. The van der Waals surface area contributed by atoms with Gasteiger partial charge in [-0.3, -0.25) is 14.5 Å². The maximum Gasteiger partial charge on any atom is 0.265 e. The van der Waals surface area contributed by atoms with Gasteiger partial charge in [0.25, 0.3) is 11.8 Å². The highest BCUT2D eigenvalue weighted by Crippen LogP contribution is 2.38. The second-order valence-electron chi connectivity index (χ2n) is 5.13. The van der Waals surface area contributed by atoms with Crippen LogP contribution in [0.2, 0.25) is 5.02 Å². The zero-order valence-electron chi connectivity index (χ0n) is 12.9. The number of amides is 2. The average Bonchev–Trinajstić information content (AvgIpc) is 2.82. The van der Waals surface area contributed by atoms with Crippen molar-refractivity contribution in [2.45, 2.75) is 6.54 Å². The summed E-state index contributed by atoms with van der Waals surface area (Å²) in [6, 6.07) is 7.47. The van der Waals surface area contributed by atoms with Crippen molar-refractivity contribution in [1.29, 1.82) is 0 Å². The van der Waals surface area contributed by atoms with Crippen LogP contribution in [0.1, 0.15) is 26.3 Å². The summed E-state index contributed by atoms with van der Waals surface area (Å²) < 4.78 is 24.4. The van der Waals surface area contributed by atoms with Gasteiger partial charge in [-0.05, 0) is 18.2 Å². The van der Waals surface area contributed by atoms with Crippen LogP contribution in [0.5, 0.6) is 11.5 Å². The van der Waals surface area contributed by atoms with Gasteiger partial charge in [0.2, 0.25) is 0 Å². The number of ether oxygens (including phenoxy) is 2. The first kappa shape index (κ1) is 16.3. The monoisotopic (exact) mass is 349 g/mol. The van der Waals surface area contributed by atoms with Crippen molar-refractivity contribution in [3.8, 4) is 11.5 Å². The van der Waals surface area contributed by atoms with Crippen LogP contribution in [-0.2, 0) is 6.54 Å². The lowest BCUT2D eigenvalue weighted by Crippen LogP contribution is -2.29.